The number of aromatic nitrogens is 2. The minimum absolute atomic E-state index is 0.455. The summed E-state index contributed by atoms with van der Waals surface area (Å²) in [5.74, 6) is 1.91. The van der Waals surface area contributed by atoms with Gasteiger partial charge in [0.1, 0.15) is 5.82 Å². The second-order valence-corrected chi connectivity index (χ2v) is 6.51. The van der Waals surface area contributed by atoms with Crippen LogP contribution in [0.4, 0.5) is 17.5 Å². The van der Waals surface area contributed by atoms with Crippen LogP contribution in [-0.4, -0.2) is 54.3 Å². The second kappa shape index (κ2) is 8.78. The fourth-order valence-electron chi connectivity index (χ4n) is 2.92. The number of nitrogens with one attached hydrogen (secondary N) is 2. The van der Waals surface area contributed by atoms with E-state index in [1.807, 2.05) is 12.1 Å². The monoisotopic (exact) mass is 341 g/mol. The van der Waals surface area contributed by atoms with Crippen LogP contribution in [0.5, 0.6) is 0 Å². The quantitative estimate of drug-likeness (QED) is 0.807. The molecule has 1 fully saturated rings. The van der Waals surface area contributed by atoms with Gasteiger partial charge in [-0.15, -0.1) is 0 Å². The molecule has 0 amide bonds. The number of para-hydroxylation sites is 1. The lowest BCUT2D eigenvalue weighted by molar-refractivity contribution is 0.0398. The normalized spacial score (nSPS) is 15.3. The van der Waals surface area contributed by atoms with Crippen molar-refractivity contribution in [3.05, 3.63) is 42.1 Å². The van der Waals surface area contributed by atoms with Crippen molar-refractivity contribution in [1.82, 2.24) is 14.9 Å². The molecule has 2 heterocycles. The van der Waals surface area contributed by atoms with E-state index in [1.165, 1.54) is 5.56 Å². The molecule has 134 valence electrons. The van der Waals surface area contributed by atoms with Gasteiger partial charge in [0, 0.05) is 38.1 Å². The summed E-state index contributed by atoms with van der Waals surface area (Å²) in [5.41, 5.74) is 2.37. The molecule has 25 heavy (non-hydrogen) atoms. The molecule has 0 unspecified atom stereocenters. The van der Waals surface area contributed by atoms with E-state index in [0.29, 0.717) is 11.9 Å². The highest BCUT2D eigenvalue weighted by Gasteiger charge is 2.10. The highest BCUT2D eigenvalue weighted by molar-refractivity contribution is 5.61. The first-order valence-corrected chi connectivity index (χ1v) is 8.95. The summed E-state index contributed by atoms with van der Waals surface area (Å²) >= 11 is 0. The Balaban J connectivity index is 1.58. The van der Waals surface area contributed by atoms with Crippen LogP contribution in [0, 0.1) is 0 Å². The van der Waals surface area contributed by atoms with Crippen molar-refractivity contribution < 1.29 is 4.74 Å². The summed E-state index contributed by atoms with van der Waals surface area (Å²) in [6.07, 6.45) is 1.78. The Morgan fingerprint density at radius 2 is 1.96 bits per heavy atom. The van der Waals surface area contributed by atoms with Crippen molar-refractivity contribution in [2.24, 2.45) is 0 Å². The molecule has 1 aliphatic heterocycles. The van der Waals surface area contributed by atoms with Gasteiger partial charge >= 0.3 is 0 Å². The van der Waals surface area contributed by atoms with Crippen molar-refractivity contribution >= 4 is 17.5 Å². The molecule has 6 heteroatoms. The summed E-state index contributed by atoms with van der Waals surface area (Å²) in [4.78, 5) is 11.3. The van der Waals surface area contributed by atoms with Crippen LogP contribution in [-0.2, 0) is 4.74 Å². The van der Waals surface area contributed by atoms with E-state index < -0.39 is 0 Å². The first-order valence-electron chi connectivity index (χ1n) is 8.95. The summed E-state index contributed by atoms with van der Waals surface area (Å²) in [6, 6.07) is 10.2. The molecule has 3 rings (SSSR count). The van der Waals surface area contributed by atoms with Gasteiger partial charge in [0.2, 0.25) is 5.95 Å². The van der Waals surface area contributed by atoms with Crippen molar-refractivity contribution in [2.75, 3.05) is 50.0 Å². The van der Waals surface area contributed by atoms with Gasteiger partial charge in [0.05, 0.1) is 13.2 Å². The lowest BCUT2D eigenvalue weighted by Gasteiger charge is -2.26. The van der Waals surface area contributed by atoms with E-state index in [0.717, 1.165) is 50.9 Å². The van der Waals surface area contributed by atoms with Crippen LogP contribution in [0.25, 0.3) is 0 Å². The van der Waals surface area contributed by atoms with Gasteiger partial charge in [-0.2, -0.15) is 4.98 Å². The fourth-order valence-corrected chi connectivity index (χ4v) is 2.92. The number of benzene rings is 1. The van der Waals surface area contributed by atoms with E-state index in [2.05, 4.69) is 57.5 Å². The molecule has 2 N–H and O–H groups in total. The van der Waals surface area contributed by atoms with Crippen LogP contribution in [0.3, 0.4) is 0 Å². The summed E-state index contributed by atoms with van der Waals surface area (Å²) in [5, 5.41) is 6.73. The van der Waals surface area contributed by atoms with Gasteiger partial charge in [0.25, 0.3) is 0 Å². The Kier molecular flexibility index (Phi) is 6.19. The number of rotatable bonds is 7. The third-order valence-electron chi connectivity index (χ3n) is 4.32. The van der Waals surface area contributed by atoms with E-state index in [4.69, 9.17) is 4.74 Å². The smallest absolute Gasteiger partial charge is 0.224 e. The first-order chi connectivity index (χ1) is 12.2. The van der Waals surface area contributed by atoms with Crippen LogP contribution in [0.15, 0.2) is 36.5 Å². The third-order valence-corrected chi connectivity index (χ3v) is 4.32. The average molecular weight is 341 g/mol. The van der Waals surface area contributed by atoms with Gasteiger partial charge in [-0.05, 0) is 23.6 Å². The largest absolute Gasteiger partial charge is 0.379 e. The van der Waals surface area contributed by atoms with Crippen LogP contribution in [0.2, 0.25) is 0 Å². The maximum absolute atomic E-state index is 5.37. The Morgan fingerprint density at radius 1 is 1.16 bits per heavy atom. The van der Waals surface area contributed by atoms with Crippen LogP contribution >= 0.6 is 0 Å². The number of ether oxygens (including phenoxy) is 1. The minimum Gasteiger partial charge on any atom is -0.379 e. The summed E-state index contributed by atoms with van der Waals surface area (Å²) in [6.45, 7) is 9.83. The molecule has 0 radical (unpaired) electrons. The maximum atomic E-state index is 5.37. The molecule has 2 aromatic rings. The molecule has 0 aliphatic carbocycles. The Hall–Kier alpha value is -2.18. The fraction of sp³-hybridized carbons (Fsp3) is 0.474. The zero-order valence-electron chi connectivity index (χ0n) is 15.0. The third kappa shape index (κ3) is 5.14. The van der Waals surface area contributed by atoms with E-state index in [9.17, 15) is 0 Å². The molecule has 1 aliphatic rings. The Labute approximate surface area is 149 Å². The number of anilines is 3. The van der Waals surface area contributed by atoms with Crippen molar-refractivity contribution in [3.8, 4) is 0 Å². The van der Waals surface area contributed by atoms with E-state index in [-0.39, 0.29) is 0 Å². The molecular weight excluding hydrogens is 314 g/mol. The van der Waals surface area contributed by atoms with Gasteiger partial charge in [-0.1, -0.05) is 32.0 Å². The van der Waals surface area contributed by atoms with Crippen molar-refractivity contribution in [1.29, 1.82) is 0 Å². The molecule has 0 atom stereocenters. The highest BCUT2D eigenvalue weighted by atomic mass is 16.5. The second-order valence-electron chi connectivity index (χ2n) is 6.51. The summed E-state index contributed by atoms with van der Waals surface area (Å²) < 4.78 is 5.37. The SMILES string of the molecule is CC(C)c1ccccc1Nc1ccnc(NCCN2CCOCC2)n1. The molecule has 0 bridgehead atoms. The molecular formula is C19H27N5O. The van der Waals surface area contributed by atoms with Gasteiger partial charge < -0.3 is 15.4 Å². The Bertz CT molecular complexity index is 670. The minimum atomic E-state index is 0.455. The first kappa shape index (κ1) is 17.6. The van der Waals surface area contributed by atoms with Crippen LogP contribution in [0.1, 0.15) is 25.3 Å². The van der Waals surface area contributed by atoms with Gasteiger partial charge in [-0.25, -0.2) is 4.98 Å². The number of morpholine rings is 1. The molecule has 1 aromatic heterocycles. The molecule has 6 nitrogen and oxygen atoms in total. The van der Waals surface area contributed by atoms with Crippen molar-refractivity contribution in [3.63, 3.8) is 0 Å². The molecule has 0 saturated carbocycles. The highest BCUT2D eigenvalue weighted by Crippen LogP contribution is 2.26. The van der Waals surface area contributed by atoms with Crippen molar-refractivity contribution in [2.45, 2.75) is 19.8 Å². The molecule has 1 saturated heterocycles. The maximum Gasteiger partial charge on any atom is 0.224 e. The predicted molar refractivity (Wildman–Crippen MR) is 102 cm³/mol. The summed E-state index contributed by atoms with van der Waals surface area (Å²) in [7, 11) is 0. The van der Waals surface area contributed by atoms with E-state index in [1.54, 1.807) is 6.20 Å². The van der Waals surface area contributed by atoms with Gasteiger partial charge in [-0.3, -0.25) is 4.90 Å². The zero-order valence-corrected chi connectivity index (χ0v) is 15.0. The van der Waals surface area contributed by atoms with Crippen LogP contribution < -0.4 is 10.6 Å². The molecule has 0 spiro atoms. The standard InChI is InChI=1S/C19H27N5O/c1-15(2)16-5-3-4-6-17(16)22-18-7-8-20-19(23-18)21-9-10-24-11-13-25-14-12-24/h3-8,15H,9-14H2,1-2H3,(H2,20,21,22,23). The van der Waals surface area contributed by atoms with Gasteiger partial charge in [0.15, 0.2) is 0 Å². The Morgan fingerprint density at radius 3 is 2.76 bits per heavy atom. The lowest BCUT2D eigenvalue weighted by Crippen LogP contribution is -2.39. The molecule has 1 aromatic carbocycles. The number of nitrogens with zero attached hydrogens (tertiary/aromatic N) is 3. The zero-order chi connectivity index (χ0) is 17.5. The predicted octanol–water partition coefficient (Wildman–Crippen LogP) is 3.09. The number of hydrogen-bond acceptors (Lipinski definition) is 6. The topological polar surface area (TPSA) is 62.3 Å². The van der Waals surface area contributed by atoms with E-state index >= 15 is 0 Å². The lowest BCUT2D eigenvalue weighted by atomic mass is 10.0. The number of hydrogen-bond donors (Lipinski definition) is 2. The average Bonchev–Trinajstić information content (AvgIpc) is 2.63.